The maximum Gasteiger partial charge on any atom is 0.319 e. The van der Waals surface area contributed by atoms with Crippen LogP contribution in [-0.2, 0) is 6.54 Å². The van der Waals surface area contributed by atoms with Crippen molar-refractivity contribution in [1.29, 1.82) is 0 Å². The van der Waals surface area contributed by atoms with Gasteiger partial charge in [0.1, 0.15) is 17.5 Å². The van der Waals surface area contributed by atoms with Gasteiger partial charge in [0, 0.05) is 23.2 Å². The summed E-state index contributed by atoms with van der Waals surface area (Å²) in [5.74, 6) is -2.03. The summed E-state index contributed by atoms with van der Waals surface area (Å²) < 4.78 is 39.7. The Bertz CT molecular complexity index is 679. The van der Waals surface area contributed by atoms with Crippen LogP contribution in [-0.4, -0.2) is 6.03 Å². The molecular formula is C14H10ClF3N2O. The molecule has 0 saturated heterocycles. The van der Waals surface area contributed by atoms with Gasteiger partial charge in [-0.25, -0.2) is 18.0 Å². The Labute approximate surface area is 123 Å². The number of nitrogens with one attached hydrogen (secondary N) is 2. The first-order valence-corrected chi connectivity index (χ1v) is 6.27. The second-order valence-electron chi connectivity index (χ2n) is 4.17. The molecule has 2 amide bonds. The molecule has 110 valence electrons. The second-order valence-corrected chi connectivity index (χ2v) is 4.60. The molecule has 0 heterocycles. The third-order valence-corrected chi connectivity index (χ3v) is 2.87. The van der Waals surface area contributed by atoms with E-state index in [9.17, 15) is 18.0 Å². The fraction of sp³-hybridized carbons (Fsp3) is 0.0714. The maximum absolute atomic E-state index is 13.5. The molecule has 3 nitrogen and oxygen atoms in total. The zero-order valence-corrected chi connectivity index (χ0v) is 11.3. The van der Waals surface area contributed by atoms with E-state index in [1.807, 2.05) is 0 Å². The highest BCUT2D eigenvalue weighted by Crippen LogP contribution is 2.16. The lowest BCUT2D eigenvalue weighted by molar-refractivity contribution is 0.251. The molecule has 0 unspecified atom stereocenters. The van der Waals surface area contributed by atoms with Crippen LogP contribution in [0.5, 0.6) is 0 Å². The van der Waals surface area contributed by atoms with Gasteiger partial charge in [0.15, 0.2) is 0 Å². The predicted octanol–water partition coefficient (Wildman–Crippen LogP) is 4.08. The molecule has 2 N–H and O–H groups in total. The van der Waals surface area contributed by atoms with E-state index in [4.69, 9.17) is 11.6 Å². The van der Waals surface area contributed by atoms with Crippen molar-refractivity contribution in [3.8, 4) is 0 Å². The summed E-state index contributed by atoms with van der Waals surface area (Å²) in [6.07, 6.45) is 0. The van der Waals surface area contributed by atoms with Gasteiger partial charge in [-0.05, 0) is 24.3 Å². The molecule has 0 saturated carbocycles. The van der Waals surface area contributed by atoms with Gasteiger partial charge in [-0.3, -0.25) is 0 Å². The van der Waals surface area contributed by atoms with E-state index in [0.29, 0.717) is 0 Å². The molecule has 0 aliphatic carbocycles. The lowest BCUT2D eigenvalue weighted by Gasteiger charge is -2.09. The van der Waals surface area contributed by atoms with E-state index >= 15 is 0 Å². The monoisotopic (exact) mass is 314 g/mol. The Morgan fingerprint density at radius 1 is 1.05 bits per heavy atom. The van der Waals surface area contributed by atoms with E-state index in [1.165, 1.54) is 12.1 Å². The maximum atomic E-state index is 13.5. The number of urea groups is 1. The molecule has 0 atom stereocenters. The van der Waals surface area contributed by atoms with Gasteiger partial charge in [-0.15, -0.1) is 0 Å². The van der Waals surface area contributed by atoms with E-state index in [1.54, 1.807) is 0 Å². The number of halogens is 4. The van der Waals surface area contributed by atoms with Crippen molar-refractivity contribution in [2.24, 2.45) is 0 Å². The summed E-state index contributed by atoms with van der Waals surface area (Å²) in [6.45, 7) is -0.119. The van der Waals surface area contributed by atoms with Gasteiger partial charge in [0.2, 0.25) is 0 Å². The Kier molecular flexibility index (Phi) is 4.70. The topological polar surface area (TPSA) is 41.1 Å². The van der Waals surface area contributed by atoms with Gasteiger partial charge in [-0.2, -0.15) is 0 Å². The zero-order chi connectivity index (χ0) is 15.4. The van der Waals surface area contributed by atoms with Crippen LogP contribution in [0.15, 0.2) is 36.4 Å². The van der Waals surface area contributed by atoms with Crippen LogP contribution in [0.1, 0.15) is 5.56 Å². The minimum Gasteiger partial charge on any atom is -0.334 e. The first-order chi connectivity index (χ1) is 9.95. The van der Waals surface area contributed by atoms with Crippen molar-refractivity contribution < 1.29 is 18.0 Å². The normalized spacial score (nSPS) is 10.3. The quantitative estimate of drug-likeness (QED) is 0.880. The average molecular weight is 315 g/mol. The fourth-order valence-electron chi connectivity index (χ4n) is 1.60. The second kappa shape index (κ2) is 6.49. The number of hydrogen-bond donors (Lipinski definition) is 2. The van der Waals surface area contributed by atoms with Gasteiger partial charge in [0.05, 0.1) is 5.69 Å². The molecular weight excluding hydrogens is 305 g/mol. The molecule has 2 aromatic rings. The van der Waals surface area contributed by atoms with Crippen LogP contribution in [0, 0.1) is 17.5 Å². The molecule has 0 aliphatic rings. The third-order valence-electron chi connectivity index (χ3n) is 2.63. The van der Waals surface area contributed by atoms with Crippen LogP contribution < -0.4 is 10.6 Å². The average Bonchev–Trinajstić information content (AvgIpc) is 2.42. The number of hydrogen-bond acceptors (Lipinski definition) is 1. The SMILES string of the molecule is O=C(NCc1ccc(Cl)cc1F)Nc1cc(F)ccc1F. The molecule has 2 rings (SSSR count). The van der Waals surface area contributed by atoms with Crippen molar-refractivity contribution in [3.63, 3.8) is 0 Å². The van der Waals surface area contributed by atoms with E-state index in [2.05, 4.69) is 10.6 Å². The summed E-state index contributed by atoms with van der Waals surface area (Å²) in [5.41, 5.74) is -0.0849. The molecule has 0 aliphatic heterocycles. The smallest absolute Gasteiger partial charge is 0.319 e. The number of anilines is 1. The standard InChI is InChI=1S/C14H10ClF3N2O/c15-9-2-1-8(12(18)5-9)7-19-14(21)20-13-6-10(16)3-4-11(13)17/h1-6H,7H2,(H2,19,20,21). The minimum absolute atomic E-state index is 0.119. The molecule has 0 aromatic heterocycles. The number of carbonyl (C=O) groups excluding carboxylic acids is 1. The molecule has 21 heavy (non-hydrogen) atoms. The highest BCUT2D eigenvalue weighted by molar-refractivity contribution is 6.30. The molecule has 0 radical (unpaired) electrons. The van der Waals surface area contributed by atoms with Crippen molar-refractivity contribution >= 4 is 23.3 Å². The van der Waals surface area contributed by atoms with E-state index < -0.39 is 23.5 Å². The van der Waals surface area contributed by atoms with Crippen molar-refractivity contribution in [2.75, 3.05) is 5.32 Å². The summed E-state index contributed by atoms with van der Waals surface area (Å²) in [6, 6.07) is 5.90. The summed E-state index contributed by atoms with van der Waals surface area (Å²) >= 11 is 5.60. The molecule has 2 aromatic carbocycles. The third kappa shape index (κ3) is 4.13. The van der Waals surface area contributed by atoms with Crippen LogP contribution in [0.25, 0.3) is 0 Å². The number of benzene rings is 2. The van der Waals surface area contributed by atoms with Crippen molar-refractivity contribution in [3.05, 3.63) is 64.4 Å². The number of carbonyl (C=O) groups is 1. The van der Waals surface area contributed by atoms with E-state index in [0.717, 1.165) is 24.3 Å². The Morgan fingerprint density at radius 3 is 2.52 bits per heavy atom. The first kappa shape index (κ1) is 15.2. The molecule has 0 bridgehead atoms. The highest BCUT2D eigenvalue weighted by atomic mass is 35.5. The van der Waals surface area contributed by atoms with Crippen LogP contribution >= 0.6 is 11.6 Å². The van der Waals surface area contributed by atoms with Gasteiger partial charge in [-0.1, -0.05) is 17.7 Å². The first-order valence-electron chi connectivity index (χ1n) is 5.89. The summed E-state index contributed by atoms with van der Waals surface area (Å²) in [4.78, 5) is 11.6. The lowest BCUT2D eigenvalue weighted by Crippen LogP contribution is -2.29. The van der Waals surface area contributed by atoms with Gasteiger partial charge in [0.25, 0.3) is 0 Å². The number of rotatable bonds is 3. The number of amides is 2. The van der Waals surface area contributed by atoms with Crippen LogP contribution in [0.4, 0.5) is 23.7 Å². The lowest BCUT2D eigenvalue weighted by atomic mass is 10.2. The Balaban J connectivity index is 1.97. The Hall–Kier alpha value is -2.21. The van der Waals surface area contributed by atoms with Gasteiger partial charge >= 0.3 is 6.03 Å². The molecule has 0 spiro atoms. The summed E-state index contributed by atoms with van der Waals surface area (Å²) in [7, 11) is 0. The largest absolute Gasteiger partial charge is 0.334 e. The van der Waals surface area contributed by atoms with E-state index in [-0.39, 0.29) is 22.8 Å². The minimum atomic E-state index is -0.783. The van der Waals surface area contributed by atoms with Crippen LogP contribution in [0.2, 0.25) is 5.02 Å². The predicted molar refractivity (Wildman–Crippen MR) is 73.6 cm³/mol. The van der Waals surface area contributed by atoms with Gasteiger partial charge < -0.3 is 10.6 Å². The van der Waals surface area contributed by atoms with Crippen molar-refractivity contribution in [2.45, 2.75) is 6.54 Å². The Morgan fingerprint density at radius 2 is 1.81 bits per heavy atom. The molecule has 0 fully saturated rings. The molecule has 7 heteroatoms. The fourth-order valence-corrected chi connectivity index (χ4v) is 1.76. The van der Waals surface area contributed by atoms with Crippen molar-refractivity contribution in [1.82, 2.24) is 5.32 Å². The summed E-state index contributed by atoms with van der Waals surface area (Å²) in [5, 5.41) is 4.71. The van der Waals surface area contributed by atoms with Crippen LogP contribution in [0.3, 0.4) is 0 Å². The zero-order valence-electron chi connectivity index (χ0n) is 10.6. The highest BCUT2D eigenvalue weighted by Gasteiger charge is 2.09.